The van der Waals surface area contributed by atoms with Gasteiger partial charge < -0.3 is 16.0 Å². The van der Waals surface area contributed by atoms with E-state index >= 15 is 0 Å². The second-order valence-electron chi connectivity index (χ2n) is 6.74. The largest absolute Gasteiger partial charge is 0.416 e. The van der Waals surface area contributed by atoms with Crippen molar-refractivity contribution in [3.63, 3.8) is 0 Å². The second-order valence-corrected chi connectivity index (χ2v) is 6.74. The minimum Gasteiger partial charge on any atom is -0.364 e. The summed E-state index contributed by atoms with van der Waals surface area (Å²) in [5.41, 5.74) is 6.71. The molecule has 0 atom stereocenters. The van der Waals surface area contributed by atoms with Crippen LogP contribution >= 0.6 is 0 Å². The number of hydrogen-bond acceptors (Lipinski definition) is 5. The van der Waals surface area contributed by atoms with Gasteiger partial charge in [-0.15, -0.1) is 0 Å². The molecule has 2 aromatic carbocycles. The standard InChI is InChI=1S/C20H17F3N6O4/c21-20(22,23)12-5-7-13(8-6-12)25-19(32)28-17-15(16(24)30)26-14(27-17)9-10-1-3-11(4-2-10)18(31)29-33/h1-8,33H,9H2,(H2,24,30)(H,26,27)(H,29,31)(H2,25,28,32). The fraction of sp³-hybridized carbons (Fsp3) is 0.100. The van der Waals surface area contributed by atoms with Crippen molar-refractivity contribution >= 4 is 29.4 Å². The number of carbonyl (C=O) groups is 3. The maximum atomic E-state index is 12.6. The van der Waals surface area contributed by atoms with Crippen LogP contribution in [0, 0.1) is 0 Å². The molecule has 4 amide bonds. The Hall–Kier alpha value is -4.39. The number of anilines is 2. The van der Waals surface area contributed by atoms with Crippen LogP contribution < -0.4 is 21.8 Å². The predicted octanol–water partition coefficient (Wildman–Crippen LogP) is 2.88. The van der Waals surface area contributed by atoms with Crippen molar-refractivity contribution < 1.29 is 32.8 Å². The highest BCUT2D eigenvalue weighted by molar-refractivity contribution is 6.04. The molecule has 0 fully saturated rings. The van der Waals surface area contributed by atoms with Crippen molar-refractivity contribution in [1.29, 1.82) is 0 Å². The lowest BCUT2D eigenvalue weighted by Gasteiger charge is -2.09. The van der Waals surface area contributed by atoms with Gasteiger partial charge in [0.1, 0.15) is 11.6 Å². The van der Waals surface area contributed by atoms with Crippen molar-refractivity contribution in [1.82, 2.24) is 15.4 Å². The quantitative estimate of drug-likeness (QED) is 0.245. The number of imidazole rings is 1. The van der Waals surface area contributed by atoms with Gasteiger partial charge in [-0.25, -0.2) is 15.3 Å². The molecule has 1 heterocycles. The van der Waals surface area contributed by atoms with Crippen LogP contribution in [0.25, 0.3) is 0 Å². The molecule has 0 aliphatic carbocycles. The van der Waals surface area contributed by atoms with E-state index in [-0.39, 0.29) is 35.0 Å². The van der Waals surface area contributed by atoms with Gasteiger partial charge in [-0.05, 0) is 42.0 Å². The first kappa shape index (κ1) is 23.3. The van der Waals surface area contributed by atoms with Crippen LogP contribution in [0.2, 0.25) is 0 Å². The molecule has 0 saturated carbocycles. The van der Waals surface area contributed by atoms with Gasteiger partial charge in [-0.2, -0.15) is 13.2 Å². The molecule has 33 heavy (non-hydrogen) atoms. The summed E-state index contributed by atoms with van der Waals surface area (Å²) in [7, 11) is 0. The number of halogens is 3. The fourth-order valence-electron chi connectivity index (χ4n) is 2.83. The summed E-state index contributed by atoms with van der Waals surface area (Å²) >= 11 is 0. The van der Waals surface area contributed by atoms with Crippen molar-refractivity contribution in [3.05, 3.63) is 76.7 Å². The molecular weight excluding hydrogens is 445 g/mol. The number of benzene rings is 2. The summed E-state index contributed by atoms with van der Waals surface area (Å²) in [5.74, 6) is -1.43. The Morgan fingerprint density at radius 2 is 1.64 bits per heavy atom. The predicted molar refractivity (Wildman–Crippen MR) is 110 cm³/mol. The molecule has 7 N–H and O–H groups in total. The highest BCUT2D eigenvalue weighted by Gasteiger charge is 2.30. The van der Waals surface area contributed by atoms with E-state index in [9.17, 15) is 27.6 Å². The van der Waals surface area contributed by atoms with E-state index in [0.717, 1.165) is 24.3 Å². The third-order valence-corrected chi connectivity index (χ3v) is 4.38. The number of nitrogens with two attached hydrogens (primary N) is 1. The number of aromatic amines is 1. The first-order chi connectivity index (χ1) is 15.6. The zero-order valence-corrected chi connectivity index (χ0v) is 16.7. The summed E-state index contributed by atoms with van der Waals surface area (Å²) in [4.78, 5) is 42.1. The van der Waals surface area contributed by atoms with Crippen LogP contribution in [-0.2, 0) is 12.6 Å². The van der Waals surface area contributed by atoms with E-state index < -0.39 is 29.6 Å². The summed E-state index contributed by atoms with van der Waals surface area (Å²) in [6, 6.07) is 9.08. The van der Waals surface area contributed by atoms with Crippen molar-refractivity contribution in [2.24, 2.45) is 5.73 Å². The molecule has 0 bridgehead atoms. The Balaban J connectivity index is 1.70. The number of alkyl halides is 3. The molecule has 13 heteroatoms. The third kappa shape index (κ3) is 5.86. The highest BCUT2D eigenvalue weighted by atomic mass is 19.4. The maximum absolute atomic E-state index is 12.6. The average molecular weight is 462 g/mol. The zero-order chi connectivity index (χ0) is 24.2. The number of hydrogen-bond donors (Lipinski definition) is 6. The van der Waals surface area contributed by atoms with Crippen LogP contribution in [0.3, 0.4) is 0 Å². The molecule has 1 aromatic heterocycles. The van der Waals surface area contributed by atoms with Gasteiger partial charge in [0.15, 0.2) is 5.69 Å². The molecule has 0 aliphatic heterocycles. The van der Waals surface area contributed by atoms with E-state index in [1.165, 1.54) is 17.6 Å². The number of nitrogens with zero attached hydrogens (tertiary/aromatic N) is 1. The number of rotatable bonds is 6. The molecule has 0 radical (unpaired) electrons. The number of hydroxylamine groups is 1. The molecule has 0 unspecified atom stereocenters. The van der Waals surface area contributed by atoms with Crippen LogP contribution in [0.1, 0.15) is 37.8 Å². The number of urea groups is 1. The number of amides is 4. The van der Waals surface area contributed by atoms with E-state index in [0.29, 0.717) is 5.56 Å². The lowest BCUT2D eigenvalue weighted by molar-refractivity contribution is -0.137. The van der Waals surface area contributed by atoms with Crippen molar-refractivity contribution in [2.45, 2.75) is 12.6 Å². The lowest BCUT2D eigenvalue weighted by atomic mass is 10.1. The van der Waals surface area contributed by atoms with Crippen LogP contribution in [0.15, 0.2) is 48.5 Å². The monoisotopic (exact) mass is 462 g/mol. The molecule has 10 nitrogen and oxygen atoms in total. The number of primary amides is 1. The lowest BCUT2D eigenvalue weighted by Crippen LogP contribution is -2.22. The summed E-state index contributed by atoms with van der Waals surface area (Å²) < 4.78 is 37.9. The molecule has 3 rings (SSSR count). The van der Waals surface area contributed by atoms with Gasteiger partial charge in [0.25, 0.3) is 11.8 Å². The second kappa shape index (κ2) is 9.40. The normalized spacial score (nSPS) is 11.0. The number of nitrogens with one attached hydrogen (secondary N) is 4. The SMILES string of the molecule is NC(=O)c1nc(Cc2ccc(C(=O)NO)cc2)[nH]c1NC(=O)Nc1ccc(C(F)(F)F)cc1. The summed E-state index contributed by atoms with van der Waals surface area (Å²) in [6.45, 7) is 0. The fourth-order valence-corrected chi connectivity index (χ4v) is 2.83. The number of aromatic nitrogens is 2. The summed E-state index contributed by atoms with van der Waals surface area (Å²) in [6.07, 6.45) is -4.32. The van der Waals surface area contributed by atoms with Crippen LogP contribution in [0.4, 0.5) is 29.5 Å². The Bertz CT molecular complexity index is 1170. The van der Waals surface area contributed by atoms with Crippen LogP contribution in [0.5, 0.6) is 0 Å². The van der Waals surface area contributed by atoms with E-state index in [1.54, 1.807) is 12.1 Å². The average Bonchev–Trinajstić information content (AvgIpc) is 3.15. The Morgan fingerprint density at radius 3 is 2.18 bits per heavy atom. The Kier molecular flexibility index (Phi) is 6.63. The van der Waals surface area contributed by atoms with Gasteiger partial charge in [-0.3, -0.25) is 20.1 Å². The van der Waals surface area contributed by atoms with Crippen LogP contribution in [-0.4, -0.2) is 33.0 Å². The molecule has 0 aliphatic rings. The topological polar surface area (TPSA) is 162 Å². The molecule has 0 spiro atoms. The number of H-pyrrole nitrogens is 1. The van der Waals surface area contributed by atoms with E-state index in [2.05, 4.69) is 20.6 Å². The molecule has 0 saturated heterocycles. The van der Waals surface area contributed by atoms with Gasteiger partial charge >= 0.3 is 12.2 Å². The highest BCUT2D eigenvalue weighted by Crippen LogP contribution is 2.29. The third-order valence-electron chi connectivity index (χ3n) is 4.38. The smallest absolute Gasteiger partial charge is 0.364 e. The van der Waals surface area contributed by atoms with Crippen molar-refractivity contribution in [3.8, 4) is 0 Å². The zero-order valence-electron chi connectivity index (χ0n) is 16.7. The molecule has 172 valence electrons. The minimum atomic E-state index is -4.50. The minimum absolute atomic E-state index is 0.0906. The van der Waals surface area contributed by atoms with Gasteiger partial charge in [0, 0.05) is 17.7 Å². The summed E-state index contributed by atoms with van der Waals surface area (Å²) in [5, 5.41) is 13.3. The van der Waals surface area contributed by atoms with Gasteiger partial charge in [-0.1, -0.05) is 12.1 Å². The van der Waals surface area contributed by atoms with Crippen molar-refractivity contribution in [2.75, 3.05) is 10.6 Å². The Labute approximate surface area is 184 Å². The first-order valence-corrected chi connectivity index (χ1v) is 9.24. The molecular formula is C20H17F3N6O4. The van der Waals surface area contributed by atoms with Gasteiger partial charge in [0.2, 0.25) is 0 Å². The first-order valence-electron chi connectivity index (χ1n) is 9.24. The van der Waals surface area contributed by atoms with Gasteiger partial charge in [0.05, 0.1) is 5.56 Å². The molecule has 3 aromatic rings. The maximum Gasteiger partial charge on any atom is 0.416 e. The van der Waals surface area contributed by atoms with E-state index in [1.807, 2.05) is 0 Å². The number of carbonyl (C=O) groups excluding carboxylic acids is 3. The Morgan fingerprint density at radius 1 is 1.00 bits per heavy atom. The van der Waals surface area contributed by atoms with E-state index in [4.69, 9.17) is 10.9 Å².